The Hall–Kier alpha value is -2.92. The molecule has 0 atom stereocenters. The normalized spacial score (nSPS) is 10.6. The molecule has 1 amide bonds. The molecule has 0 radical (unpaired) electrons. The van der Waals surface area contributed by atoms with Crippen molar-refractivity contribution in [2.75, 3.05) is 0 Å². The molecule has 132 valence electrons. The molecule has 0 aliphatic carbocycles. The molecule has 0 aliphatic heterocycles. The van der Waals surface area contributed by atoms with Crippen LogP contribution in [0.5, 0.6) is 0 Å². The maximum atomic E-state index is 13.8. The highest BCUT2D eigenvalue weighted by atomic mass is 35.5. The number of rotatable bonds is 4. The predicted molar refractivity (Wildman–Crippen MR) is 99.8 cm³/mol. The van der Waals surface area contributed by atoms with Crippen molar-refractivity contribution in [2.45, 2.75) is 13.5 Å². The van der Waals surface area contributed by atoms with Crippen LogP contribution in [0.4, 0.5) is 4.39 Å². The van der Waals surface area contributed by atoms with Gasteiger partial charge in [-0.3, -0.25) is 9.59 Å². The summed E-state index contributed by atoms with van der Waals surface area (Å²) in [5.41, 5.74) is 2.42. The van der Waals surface area contributed by atoms with Crippen LogP contribution >= 0.6 is 11.6 Å². The molecule has 0 aliphatic rings. The predicted octanol–water partition coefficient (Wildman–Crippen LogP) is 4.07. The number of carbonyl (C=O) groups excluding carboxylic acids is 1. The van der Waals surface area contributed by atoms with Gasteiger partial charge in [0.15, 0.2) is 0 Å². The van der Waals surface area contributed by atoms with E-state index in [0.717, 1.165) is 23.3 Å². The van der Waals surface area contributed by atoms with E-state index >= 15 is 0 Å². The van der Waals surface area contributed by atoms with Crippen LogP contribution < -0.4 is 10.9 Å². The first kappa shape index (κ1) is 17.9. The number of aromatic amines is 1. The van der Waals surface area contributed by atoms with E-state index in [1.54, 1.807) is 36.4 Å². The summed E-state index contributed by atoms with van der Waals surface area (Å²) in [5.74, 6) is -0.754. The largest absolute Gasteiger partial charge is 0.348 e. The monoisotopic (exact) mass is 370 g/mol. The average Bonchev–Trinajstić information content (AvgIpc) is 2.62. The van der Waals surface area contributed by atoms with Crippen molar-refractivity contribution in [1.82, 2.24) is 10.3 Å². The van der Waals surface area contributed by atoms with Gasteiger partial charge in [-0.1, -0.05) is 48.0 Å². The first-order chi connectivity index (χ1) is 12.5. The number of H-pyrrole nitrogens is 1. The number of aryl methyl sites for hydroxylation is 1. The van der Waals surface area contributed by atoms with E-state index in [-0.39, 0.29) is 17.2 Å². The van der Waals surface area contributed by atoms with Crippen LogP contribution in [0, 0.1) is 12.7 Å². The van der Waals surface area contributed by atoms with Crippen LogP contribution in [0.1, 0.15) is 21.5 Å². The molecule has 6 heteroatoms. The number of aromatic nitrogens is 1. The van der Waals surface area contributed by atoms with Crippen molar-refractivity contribution in [3.05, 3.63) is 92.5 Å². The van der Waals surface area contributed by atoms with Gasteiger partial charge >= 0.3 is 0 Å². The van der Waals surface area contributed by atoms with E-state index in [0.29, 0.717) is 22.7 Å². The Morgan fingerprint density at radius 1 is 1.12 bits per heavy atom. The summed E-state index contributed by atoms with van der Waals surface area (Å²) in [5, 5.41) is 3.23. The summed E-state index contributed by atoms with van der Waals surface area (Å²) in [6.45, 7) is 2.13. The summed E-state index contributed by atoms with van der Waals surface area (Å²) in [7, 11) is 0. The van der Waals surface area contributed by atoms with Gasteiger partial charge in [-0.05, 0) is 30.2 Å². The minimum absolute atomic E-state index is 0.139. The van der Waals surface area contributed by atoms with Crippen LogP contribution in [-0.4, -0.2) is 10.9 Å². The Bertz CT molecular complexity index is 993. The molecule has 26 heavy (non-hydrogen) atoms. The number of amides is 1. The standard InChI is InChI=1S/C20H16ClFN2O2/c1-12-3-2-4-15(21)18(12)20(26)23-11-13-5-7-14(8-6-13)19-16(22)9-10-17(25)24-19/h2-10H,11H2,1H3,(H,23,26)(H,24,25). The van der Waals surface area contributed by atoms with Crippen molar-refractivity contribution >= 4 is 17.5 Å². The van der Waals surface area contributed by atoms with Gasteiger partial charge in [-0.25, -0.2) is 4.39 Å². The molecule has 2 aromatic carbocycles. The Kier molecular flexibility index (Phi) is 5.19. The zero-order chi connectivity index (χ0) is 18.7. The highest BCUT2D eigenvalue weighted by Crippen LogP contribution is 2.21. The van der Waals surface area contributed by atoms with Crippen molar-refractivity contribution in [3.63, 3.8) is 0 Å². The van der Waals surface area contributed by atoms with Crippen LogP contribution in [0.25, 0.3) is 11.3 Å². The van der Waals surface area contributed by atoms with Crippen molar-refractivity contribution in [1.29, 1.82) is 0 Å². The van der Waals surface area contributed by atoms with Crippen LogP contribution in [0.3, 0.4) is 0 Å². The molecule has 3 aromatic rings. The lowest BCUT2D eigenvalue weighted by atomic mass is 10.1. The summed E-state index contributed by atoms with van der Waals surface area (Å²) in [6.07, 6.45) is 0. The van der Waals surface area contributed by atoms with Crippen molar-refractivity contribution in [3.8, 4) is 11.3 Å². The molecule has 2 N–H and O–H groups in total. The van der Waals surface area contributed by atoms with Gasteiger partial charge < -0.3 is 10.3 Å². The van der Waals surface area contributed by atoms with Crippen molar-refractivity contribution < 1.29 is 9.18 Å². The zero-order valence-corrected chi connectivity index (χ0v) is 14.7. The van der Waals surface area contributed by atoms with Crippen molar-refractivity contribution in [2.24, 2.45) is 0 Å². The van der Waals surface area contributed by atoms with Gasteiger partial charge in [0.1, 0.15) is 5.82 Å². The van der Waals surface area contributed by atoms with Crippen LogP contribution in [0.15, 0.2) is 59.4 Å². The molecule has 0 spiro atoms. The third kappa shape index (κ3) is 3.83. The number of pyridine rings is 1. The number of hydrogen-bond acceptors (Lipinski definition) is 2. The Morgan fingerprint density at radius 2 is 1.85 bits per heavy atom. The van der Waals surface area contributed by atoms with Crippen LogP contribution in [0.2, 0.25) is 5.02 Å². The fraction of sp³-hybridized carbons (Fsp3) is 0.100. The molecular weight excluding hydrogens is 355 g/mol. The van der Waals surface area contributed by atoms with E-state index in [1.807, 2.05) is 13.0 Å². The lowest BCUT2D eigenvalue weighted by Crippen LogP contribution is -2.24. The van der Waals surface area contributed by atoms with Gasteiger partial charge in [0.05, 0.1) is 16.3 Å². The number of carbonyl (C=O) groups is 1. The van der Waals surface area contributed by atoms with Gasteiger partial charge in [0.25, 0.3) is 5.91 Å². The summed E-state index contributed by atoms with van der Waals surface area (Å²) < 4.78 is 13.8. The van der Waals surface area contributed by atoms with Gasteiger partial charge in [-0.15, -0.1) is 0 Å². The lowest BCUT2D eigenvalue weighted by Gasteiger charge is -2.10. The molecule has 1 aromatic heterocycles. The molecule has 1 heterocycles. The van der Waals surface area contributed by atoms with Crippen LogP contribution in [-0.2, 0) is 6.54 Å². The molecule has 0 fully saturated rings. The maximum absolute atomic E-state index is 13.8. The molecule has 0 unspecified atom stereocenters. The molecule has 0 saturated heterocycles. The number of halogens is 2. The Labute approximate surface area is 154 Å². The number of nitrogens with one attached hydrogen (secondary N) is 2. The van der Waals surface area contributed by atoms with E-state index in [4.69, 9.17) is 11.6 Å². The zero-order valence-electron chi connectivity index (χ0n) is 14.0. The average molecular weight is 371 g/mol. The fourth-order valence-electron chi connectivity index (χ4n) is 2.65. The summed E-state index contributed by atoms with van der Waals surface area (Å²) in [6, 6.07) is 14.5. The third-order valence-corrected chi connectivity index (χ3v) is 4.33. The van der Waals surface area contributed by atoms with E-state index in [9.17, 15) is 14.0 Å². The lowest BCUT2D eigenvalue weighted by molar-refractivity contribution is 0.0950. The fourth-order valence-corrected chi connectivity index (χ4v) is 2.95. The minimum atomic E-state index is -0.500. The summed E-state index contributed by atoms with van der Waals surface area (Å²) in [4.78, 5) is 26.2. The number of hydrogen-bond donors (Lipinski definition) is 2. The maximum Gasteiger partial charge on any atom is 0.253 e. The quantitative estimate of drug-likeness (QED) is 0.727. The van der Waals surface area contributed by atoms with E-state index in [2.05, 4.69) is 10.3 Å². The highest BCUT2D eigenvalue weighted by Gasteiger charge is 2.13. The first-order valence-corrected chi connectivity index (χ1v) is 8.35. The highest BCUT2D eigenvalue weighted by molar-refractivity contribution is 6.34. The third-order valence-electron chi connectivity index (χ3n) is 4.01. The molecule has 3 rings (SSSR count). The molecule has 0 saturated carbocycles. The second-order valence-electron chi connectivity index (χ2n) is 5.86. The Morgan fingerprint density at radius 3 is 2.54 bits per heavy atom. The smallest absolute Gasteiger partial charge is 0.253 e. The molecule has 0 bridgehead atoms. The topological polar surface area (TPSA) is 62.0 Å². The minimum Gasteiger partial charge on any atom is -0.348 e. The Balaban J connectivity index is 1.73. The van der Waals surface area contributed by atoms with Gasteiger partial charge in [-0.2, -0.15) is 0 Å². The second kappa shape index (κ2) is 7.54. The molecule has 4 nitrogen and oxygen atoms in total. The summed E-state index contributed by atoms with van der Waals surface area (Å²) >= 11 is 6.10. The SMILES string of the molecule is Cc1cccc(Cl)c1C(=O)NCc1ccc(-c2[nH]c(=O)ccc2F)cc1. The first-order valence-electron chi connectivity index (χ1n) is 7.97. The van der Waals surface area contributed by atoms with E-state index in [1.165, 1.54) is 0 Å². The second-order valence-corrected chi connectivity index (χ2v) is 6.26. The van der Waals surface area contributed by atoms with Gasteiger partial charge in [0.2, 0.25) is 5.56 Å². The van der Waals surface area contributed by atoms with Gasteiger partial charge in [0, 0.05) is 18.2 Å². The molecular formula is C20H16ClFN2O2. The number of benzene rings is 2. The van der Waals surface area contributed by atoms with E-state index < -0.39 is 5.82 Å².